The van der Waals surface area contributed by atoms with Gasteiger partial charge < -0.3 is 9.84 Å². The van der Waals surface area contributed by atoms with Gasteiger partial charge in [-0.25, -0.2) is 4.98 Å². The standard InChI is InChI=1S/C29H29N5O2S/c1-36-24-14-8-13-23(19-24)26(27-28(35)34-29(37-27)30-20-31-34)33-17-15-32(16-18-33)25(21-9-4-2-5-10-21)22-11-6-3-7-12-22/h2-14,19-20,25-26,35H,15-18H2,1H3/t26-/m1/s1. The van der Waals surface area contributed by atoms with Crippen LogP contribution in [0.5, 0.6) is 11.6 Å². The molecule has 7 nitrogen and oxygen atoms in total. The van der Waals surface area contributed by atoms with Crippen LogP contribution >= 0.6 is 11.3 Å². The van der Waals surface area contributed by atoms with Crippen molar-refractivity contribution in [3.63, 3.8) is 0 Å². The Hall–Kier alpha value is -3.72. The molecule has 0 spiro atoms. The lowest BCUT2D eigenvalue weighted by molar-refractivity contribution is 0.0899. The number of hydrogen-bond donors (Lipinski definition) is 1. The van der Waals surface area contributed by atoms with Gasteiger partial charge in [0.2, 0.25) is 10.8 Å². The Morgan fingerprint density at radius 1 is 0.784 bits per heavy atom. The van der Waals surface area contributed by atoms with E-state index in [0.29, 0.717) is 4.96 Å². The lowest BCUT2D eigenvalue weighted by Crippen LogP contribution is -2.49. The van der Waals surface area contributed by atoms with Gasteiger partial charge in [-0.15, -0.1) is 0 Å². The summed E-state index contributed by atoms with van der Waals surface area (Å²) in [6.45, 7) is 3.50. The number of piperazine rings is 1. The second-order valence-electron chi connectivity index (χ2n) is 9.22. The molecule has 8 heteroatoms. The average Bonchev–Trinajstić information content (AvgIpc) is 3.54. The Morgan fingerprint density at radius 2 is 1.38 bits per heavy atom. The summed E-state index contributed by atoms with van der Waals surface area (Å²) in [5.41, 5.74) is 3.68. The first kappa shape index (κ1) is 23.7. The van der Waals surface area contributed by atoms with Gasteiger partial charge in [-0.2, -0.15) is 9.61 Å². The zero-order valence-corrected chi connectivity index (χ0v) is 21.5. The Bertz CT molecular complexity index is 1420. The molecule has 1 aliphatic heterocycles. The van der Waals surface area contributed by atoms with E-state index < -0.39 is 0 Å². The highest BCUT2D eigenvalue weighted by Gasteiger charge is 2.34. The van der Waals surface area contributed by atoms with Crippen molar-refractivity contribution in [1.82, 2.24) is 24.4 Å². The molecule has 0 radical (unpaired) electrons. The molecule has 188 valence electrons. The molecule has 1 aliphatic rings. The van der Waals surface area contributed by atoms with E-state index in [0.717, 1.165) is 42.4 Å². The fraction of sp³-hybridized carbons (Fsp3) is 0.241. The zero-order chi connectivity index (χ0) is 25.2. The lowest BCUT2D eigenvalue weighted by Gasteiger charge is -2.42. The number of nitrogens with zero attached hydrogens (tertiary/aromatic N) is 5. The van der Waals surface area contributed by atoms with Crippen molar-refractivity contribution in [1.29, 1.82) is 0 Å². The van der Waals surface area contributed by atoms with Gasteiger partial charge >= 0.3 is 0 Å². The first-order valence-electron chi connectivity index (χ1n) is 12.5. The van der Waals surface area contributed by atoms with Crippen LogP contribution in [0.1, 0.15) is 33.7 Å². The van der Waals surface area contributed by atoms with Crippen molar-refractivity contribution < 1.29 is 9.84 Å². The smallest absolute Gasteiger partial charge is 0.230 e. The van der Waals surface area contributed by atoms with E-state index in [2.05, 4.69) is 92.7 Å². The van der Waals surface area contributed by atoms with Gasteiger partial charge in [0.05, 0.1) is 24.1 Å². The summed E-state index contributed by atoms with van der Waals surface area (Å²) in [6.07, 6.45) is 1.47. The molecular weight excluding hydrogens is 482 g/mol. The first-order chi connectivity index (χ1) is 18.2. The molecule has 3 aromatic carbocycles. The highest BCUT2D eigenvalue weighted by atomic mass is 32.1. The molecular formula is C29H29N5O2S. The molecule has 3 heterocycles. The van der Waals surface area contributed by atoms with Crippen LogP contribution in [0.25, 0.3) is 4.96 Å². The second kappa shape index (κ2) is 10.3. The second-order valence-corrected chi connectivity index (χ2v) is 10.2. The van der Waals surface area contributed by atoms with Crippen LogP contribution in [0.15, 0.2) is 91.3 Å². The highest BCUT2D eigenvalue weighted by molar-refractivity contribution is 7.17. The van der Waals surface area contributed by atoms with Crippen molar-refractivity contribution in [3.8, 4) is 11.6 Å². The molecule has 1 N–H and O–H groups in total. The Balaban J connectivity index is 1.32. The van der Waals surface area contributed by atoms with Gasteiger partial charge in [-0.05, 0) is 28.8 Å². The maximum Gasteiger partial charge on any atom is 0.230 e. The van der Waals surface area contributed by atoms with E-state index in [1.165, 1.54) is 33.3 Å². The number of aromatic nitrogens is 3. The number of benzene rings is 3. The topological polar surface area (TPSA) is 66.1 Å². The van der Waals surface area contributed by atoms with Gasteiger partial charge in [-0.3, -0.25) is 9.80 Å². The fourth-order valence-electron chi connectivity index (χ4n) is 5.35. The third kappa shape index (κ3) is 4.59. The van der Waals surface area contributed by atoms with E-state index in [-0.39, 0.29) is 18.0 Å². The maximum atomic E-state index is 11.1. The van der Waals surface area contributed by atoms with Crippen molar-refractivity contribution >= 4 is 16.3 Å². The molecule has 0 amide bonds. The van der Waals surface area contributed by atoms with Crippen molar-refractivity contribution in [2.24, 2.45) is 0 Å². The van der Waals surface area contributed by atoms with Crippen molar-refractivity contribution in [2.75, 3.05) is 33.3 Å². The third-order valence-electron chi connectivity index (χ3n) is 7.11. The fourth-order valence-corrected chi connectivity index (χ4v) is 6.44. The highest BCUT2D eigenvalue weighted by Crippen LogP contribution is 2.41. The van der Waals surface area contributed by atoms with Crippen LogP contribution in [0.3, 0.4) is 0 Å². The van der Waals surface area contributed by atoms with E-state index in [1.54, 1.807) is 7.11 Å². The number of fused-ring (bicyclic) bond motifs is 1. The van der Waals surface area contributed by atoms with Gasteiger partial charge in [-0.1, -0.05) is 84.1 Å². The number of ether oxygens (including phenoxy) is 1. The third-order valence-corrected chi connectivity index (χ3v) is 8.19. The summed E-state index contributed by atoms with van der Waals surface area (Å²) in [6, 6.07) is 29.7. The summed E-state index contributed by atoms with van der Waals surface area (Å²) in [5, 5.41) is 15.3. The van der Waals surface area contributed by atoms with Gasteiger partial charge in [0.1, 0.15) is 12.1 Å². The molecule has 0 saturated carbocycles. The van der Waals surface area contributed by atoms with Crippen LogP contribution < -0.4 is 4.74 Å². The molecule has 1 saturated heterocycles. The Morgan fingerprint density at radius 3 is 1.97 bits per heavy atom. The molecule has 0 unspecified atom stereocenters. The summed E-state index contributed by atoms with van der Waals surface area (Å²) in [5.74, 6) is 0.951. The number of methoxy groups -OCH3 is 1. The SMILES string of the molecule is COc1cccc([C@H](c2sc3ncnn3c2O)N2CCN(C(c3ccccc3)c3ccccc3)CC2)c1. The summed E-state index contributed by atoms with van der Waals surface area (Å²) in [7, 11) is 1.68. The summed E-state index contributed by atoms with van der Waals surface area (Å²) >= 11 is 1.48. The molecule has 1 fully saturated rings. The number of aromatic hydroxyl groups is 1. The van der Waals surface area contributed by atoms with Crippen LogP contribution in [0.2, 0.25) is 0 Å². The monoisotopic (exact) mass is 511 g/mol. The van der Waals surface area contributed by atoms with E-state index >= 15 is 0 Å². The molecule has 1 atom stereocenters. The van der Waals surface area contributed by atoms with Crippen LogP contribution in [0, 0.1) is 0 Å². The van der Waals surface area contributed by atoms with Gasteiger partial charge in [0.15, 0.2) is 0 Å². The van der Waals surface area contributed by atoms with Crippen LogP contribution in [-0.2, 0) is 0 Å². The molecule has 0 bridgehead atoms. The van der Waals surface area contributed by atoms with Crippen LogP contribution in [0.4, 0.5) is 0 Å². The molecule has 2 aromatic heterocycles. The van der Waals surface area contributed by atoms with Crippen LogP contribution in [-0.4, -0.2) is 62.8 Å². The summed E-state index contributed by atoms with van der Waals surface area (Å²) in [4.78, 5) is 10.9. The van der Waals surface area contributed by atoms with Crippen molar-refractivity contribution in [2.45, 2.75) is 12.1 Å². The minimum atomic E-state index is -0.127. The minimum Gasteiger partial charge on any atom is -0.497 e. The number of hydrogen-bond acceptors (Lipinski definition) is 7. The van der Waals surface area contributed by atoms with Crippen molar-refractivity contribution in [3.05, 3.63) is 113 Å². The van der Waals surface area contributed by atoms with Gasteiger partial charge in [0, 0.05) is 26.2 Å². The lowest BCUT2D eigenvalue weighted by atomic mass is 9.96. The van der Waals surface area contributed by atoms with E-state index in [9.17, 15) is 5.11 Å². The number of thiazole rings is 1. The largest absolute Gasteiger partial charge is 0.497 e. The Labute approximate surface area is 220 Å². The minimum absolute atomic E-state index is 0.127. The van der Waals surface area contributed by atoms with E-state index in [4.69, 9.17) is 4.74 Å². The predicted octanol–water partition coefficient (Wildman–Crippen LogP) is 5.00. The zero-order valence-electron chi connectivity index (χ0n) is 20.6. The molecule has 37 heavy (non-hydrogen) atoms. The average molecular weight is 512 g/mol. The summed E-state index contributed by atoms with van der Waals surface area (Å²) < 4.78 is 7.05. The van der Waals surface area contributed by atoms with E-state index in [1.807, 2.05) is 12.1 Å². The number of rotatable bonds is 7. The molecule has 5 aromatic rings. The molecule has 0 aliphatic carbocycles. The Kier molecular flexibility index (Phi) is 6.61. The first-order valence-corrected chi connectivity index (χ1v) is 13.3. The molecule has 6 rings (SSSR count). The predicted molar refractivity (Wildman–Crippen MR) is 145 cm³/mol. The quantitative estimate of drug-likeness (QED) is 0.332. The van der Waals surface area contributed by atoms with Gasteiger partial charge in [0.25, 0.3) is 0 Å². The normalized spacial score (nSPS) is 15.8. The maximum absolute atomic E-state index is 11.1.